The Balaban J connectivity index is 2.29. The Morgan fingerprint density at radius 3 is 2.67 bits per heavy atom. The van der Waals surface area contributed by atoms with Crippen molar-refractivity contribution < 1.29 is 23.1 Å². The van der Waals surface area contributed by atoms with Crippen LogP contribution in [0.15, 0.2) is 24.3 Å². The number of amides is 1. The van der Waals surface area contributed by atoms with E-state index in [0.29, 0.717) is 21.5 Å². The second-order valence-electron chi connectivity index (χ2n) is 4.60. The highest BCUT2D eigenvalue weighted by molar-refractivity contribution is 5.98. The van der Waals surface area contributed by atoms with E-state index in [1.807, 2.05) is 0 Å². The molecule has 0 spiro atoms. The van der Waals surface area contributed by atoms with Crippen molar-refractivity contribution >= 4 is 22.5 Å². The van der Waals surface area contributed by atoms with Crippen molar-refractivity contribution in [2.75, 3.05) is 25.4 Å². The van der Waals surface area contributed by atoms with E-state index in [2.05, 4.69) is 4.98 Å². The van der Waals surface area contributed by atoms with Gasteiger partial charge in [-0.15, -0.1) is 0 Å². The van der Waals surface area contributed by atoms with E-state index >= 15 is 0 Å². The van der Waals surface area contributed by atoms with Crippen LogP contribution in [0.2, 0.25) is 0 Å². The van der Waals surface area contributed by atoms with E-state index in [1.165, 1.54) is 6.07 Å². The van der Waals surface area contributed by atoms with Gasteiger partial charge in [-0.05, 0) is 24.3 Å². The normalized spacial score (nSPS) is 11.8. The molecule has 1 heterocycles. The molecule has 114 valence electrons. The van der Waals surface area contributed by atoms with Gasteiger partial charge < -0.3 is 20.7 Å². The number of nitrogens with two attached hydrogens (primary N) is 1. The standard InChI is InChI=1S/C13H14F3N3O2/c14-13(15,16)7-19(3-4-20)12(21)11-6-8-5-9(17)1-2-10(8)18-11/h1-2,5-6,18,20H,3-4,7,17H2. The average Bonchev–Trinajstić information content (AvgIpc) is 2.78. The number of benzene rings is 1. The summed E-state index contributed by atoms with van der Waals surface area (Å²) in [6.45, 7) is -2.35. The predicted molar refractivity (Wildman–Crippen MR) is 71.8 cm³/mol. The van der Waals surface area contributed by atoms with Gasteiger partial charge >= 0.3 is 6.18 Å². The molecule has 4 N–H and O–H groups in total. The van der Waals surface area contributed by atoms with Crippen molar-refractivity contribution in [2.45, 2.75) is 6.18 Å². The third kappa shape index (κ3) is 3.66. The number of carbonyl (C=O) groups excluding carboxylic acids is 1. The number of carbonyl (C=O) groups is 1. The molecule has 1 amide bonds. The number of halogens is 3. The number of nitrogens with zero attached hydrogens (tertiary/aromatic N) is 1. The van der Waals surface area contributed by atoms with E-state index in [1.54, 1.807) is 18.2 Å². The molecule has 5 nitrogen and oxygen atoms in total. The zero-order chi connectivity index (χ0) is 15.6. The van der Waals surface area contributed by atoms with Crippen LogP contribution in [-0.2, 0) is 0 Å². The molecular formula is C13H14F3N3O2. The Hall–Kier alpha value is -2.22. The molecule has 0 saturated heterocycles. The fourth-order valence-corrected chi connectivity index (χ4v) is 2.03. The highest BCUT2D eigenvalue weighted by Crippen LogP contribution is 2.21. The van der Waals surface area contributed by atoms with E-state index in [4.69, 9.17) is 10.8 Å². The fourth-order valence-electron chi connectivity index (χ4n) is 2.03. The van der Waals surface area contributed by atoms with Crippen molar-refractivity contribution in [1.29, 1.82) is 0 Å². The predicted octanol–water partition coefficient (Wildman–Crippen LogP) is 1.75. The molecule has 2 aromatic rings. The first kappa shape index (κ1) is 15.2. The van der Waals surface area contributed by atoms with Gasteiger partial charge in [-0.25, -0.2) is 0 Å². The number of rotatable bonds is 4. The highest BCUT2D eigenvalue weighted by Gasteiger charge is 2.33. The van der Waals surface area contributed by atoms with Crippen LogP contribution < -0.4 is 5.73 Å². The lowest BCUT2D eigenvalue weighted by Crippen LogP contribution is -2.40. The van der Waals surface area contributed by atoms with Gasteiger partial charge in [0.05, 0.1) is 6.61 Å². The van der Waals surface area contributed by atoms with Crippen LogP contribution in [0.3, 0.4) is 0 Å². The molecule has 0 radical (unpaired) electrons. The fraction of sp³-hybridized carbons (Fsp3) is 0.308. The number of fused-ring (bicyclic) bond motifs is 1. The van der Waals surface area contributed by atoms with Gasteiger partial charge in [-0.1, -0.05) is 0 Å². The lowest BCUT2D eigenvalue weighted by atomic mass is 10.2. The monoisotopic (exact) mass is 301 g/mol. The Morgan fingerprint density at radius 1 is 1.33 bits per heavy atom. The molecule has 0 unspecified atom stereocenters. The molecule has 1 aromatic carbocycles. The SMILES string of the molecule is Nc1ccc2[nH]c(C(=O)N(CCO)CC(F)(F)F)cc2c1. The number of alkyl halides is 3. The van der Waals surface area contributed by atoms with Gasteiger partial charge in [-0.3, -0.25) is 4.79 Å². The van der Waals surface area contributed by atoms with Crippen LogP contribution in [-0.4, -0.2) is 46.8 Å². The Labute approximate surface area is 118 Å². The molecule has 0 saturated carbocycles. The summed E-state index contributed by atoms with van der Waals surface area (Å²) in [5.74, 6) is -0.823. The molecule has 0 aliphatic rings. The minimum Gasteiger partial charge on any atom is -0.399 e. The second kappa shape index (κ2) is 5.65. The number of hydrogen-bond acceptors (Lipinski definition) is 3. The molecule has 0 aliphatic carbocycles. The van der Waals surface area contributed by atoms with Gasteiger partial charge in [-0.2, -0.15) is 13.2 Å². The number of aromatic nitrogens is 1. The quantitative estimate of drug-likeness (QED) is 0.752. The third-order valence-corrected chi connectivity index (χ3v) is 2.90. The maximum absolute atomic E-state index is 12.5. The van der Waals surface area contributed by atoms with Gasteiger partial charge in [0.25, 0.3) is 5.91 Å². The van der Waals surface area contributed by atoms with Crippen LogP contribution in [0, 0.1) is 0 Å². The van der Waals surface area contributed by atoms with Crippen molar-refractivity contribution in [2.24, 2.45) is 0 Å². The number of aromatic amines is 1. The van der Waals surface area contributed by atoms with Gasteiger partial charge in [0.2, 0.25) is 0 Å². The maximum atomic E-state index is 12.5. The summed E-state index contributed by atoms with van der Waals surface area (Å²) in [6.07, 6.45) is -4.53. The Morgan fingerprint density at radius 2 is 2.05 bits per heavy atom. The number of anilines is 1. The topological polar surface area (TPSA) is 82.4 Å². The van der Waals surface area contributed by atoms with Crippen molar-refractivity contribution in [3.8, 4) is 0 Å². The Kier molecular flexibility index (Phi) is 4.08. The third-order valence-electron chi connectivity index (χ3n) is 2.90. The second-order valence-corrected chi connectivity index (χ2v) is 4.60. The smallest absolute Gasteiger partial charge is 0.399 e. The average molecular weight is 301 g/mol. The first-order valence-corrected chi connectivity index (χ1v) is 6.15. The van der Waals surface area contributed by atoms with Crippen LogP contribution in [0.5, 0.6) is 0 Å². The van der Waals surface area contributed by atoms with E-state index in [9.17, 15) is 18.0 Å². The van der Waals surface area contributed by atoms with E-state index in [-0.39, 0.29) is 5.69 Å². The van der Waals surface area contributed by atoms with Crippen LogP contribution in [0.1, 0.15) is 10.5 Å². The molecule has 8 heteroatoms. The molecule has 0 aliphatic heterocycles. The summed E-state index contributed by atoms with van der Waals surface area (Å²) in [7, 11) is 0. The highest BCUT2D eigenvalue weighted by atomic mass is 19.4. The summed E-state index contributed by atoms with van der Waals surface area (Å²) in [4.78, 5) is 15.4. The van der Waals surface area contributed by atoms with Gasteiger partial charge in [0.1, 0.15) is 12.2 Å². The molecule has 2 rings (SSSR count). The number of hydrogen-bond donors (Lipinski definition) is 3. The minimum atomic E-state index is -4.53. The summed E-state index contributed by atoms with van der Waals surface area (Å²) >= 11 is 0. The number of nitrogens with one attached hydrogen (secondary N) is 1. The molecule has 0 bridgehead atoms. The number of H-pyrrole nitrogens is 1. The molecule has 21 heavy (non-hydrogen) atoms. The minimum absolute atomic E-state index is 0.0216. The van der Waals surface area contributed by atoms with Crippen molar-refractivity contribution in [3.63, 3.8) is 0 Å². The molecule has 1 aromatic heterocycles. The largest absolute Gasteiger partial charge is 0.406 e. The Bertz CT molecular complexity index is 652. The van der Waals surface area contributed by atoms with Crippen LogP contribution >= 0.6 is 0 Å². The zero-order valence-electron chi connectivity index (χ0n) is 10.9. The number of aliphatic hydroxyl groups excluding tert-OH is 1. The van der Waals surface area contributed by atoms with Crippen molar-refractivity contribution in [1.82, 2.24) is 9.88 Å². The molecular weight excluding hydrogens is 287 g/mol. The van der Waals surface area contributed by atoms with E-state index < -0.39 is 31.8 Å². The maximum Gasteiger partial charge on any atom is 0.406 e. The van der Waals surface area contributed by atoms with Crippen LogP contribution in [0.4, 0.5) is 18.9 Å². The van der Waals surface area contributed by atoms with E-state index in [0.717, 1.165) is 0 Å². The van der Waals surface area contributed by atoms with Crippen LogP contribution in [0.25, 0.3) is 10.9 Å². The number of aliphatic hydroxyl groups is 1. The lowest BCUT2D eigenvalue weighted by Gasteiger charge is -2.22. The van der Waals surface area contributed by atoms with Gasteiger partial charge in [0.15, 0.2) is 0 Å². The summed E-state index contributed by atoms with van der Waals surface area (Å²) < 4.78 is 37.4. The lowest BCUT2D eigenvalue weighted by molar-refractivity contribution is -0.141. The summed E-state index contributed by atoms with van der Waals surface area (Å²) in [6, 6.07) is 6.31. The summed E-state index contributed by atoms with van der Waals surface area (Å²) in [5.41, 5.74) is 6.72. The molecule has 0 atom stereocenters. The number of nitrogen functional groups attached to an aromatic ring is 1. The summed E-state index contributed by atoms with van der Waals surface area (Å²) in [5, 5.41) is 9.45. The van der Waals surface area contributed by atoms with Gasteiger partial charge in [0, 0.05) is 23.1 Å². The first-order chi connectivity index (χ1) is 9.80. The first-order valence-electron chi connectivity index (χ1n) is 6.15. The zero-order valence-corrected chi connectivity index (χ0v) is 10.9. The van der Waals surface area contributed by atoms with Crippen molar-refractivity contribution in [3.05, 3.63) is 30.0 Å². The molecule has 0 fully saturated rings.